The fourth-order valence-corrected chi connectivity index (χ4v) is 2.31. The lowest BCUT2D eigenvalue weighted by Crippen LogP contribution is -1.99. The molecule has 1 heterocycles. The molecular weight excluding hydrogens is 210 g/mol. The Morgan fingerprint density at radius 2 is 2.33 bits per heavy atom. The Hall–Kier alpha value is -1.42. The van der Waals surface area contributed by atoms with Crippen LogP contribution in [0.3, 0.4) is 0 Å². The molecule has 0 saturated carbocycles. The first-order chi connectivity index (χ1) is 7.24. The molecular formula is C11H11NO2S. The van der Waals surface area contributed by atoms with E-state index in [0.29, 0.717) is 5.56 Å². The van der Waals surface area contributed by atoms with Gasteiger partial charge in [-0.15, -0.1) is 11.3 Å². The highest BCUT2D eigenvalue weighted by molar-refractivity contribution is 7.18. The lowest BCUT2D eigenvalue weighted by atomic mass is 10.2. The van der Waals surface area contributed by atoms with E-state index in [1.54, 1.807) is 17.4 Å². The standard InChI is InChI=1S/C11H11NO2S/c1-3-10-12-8-5-4-7(11(13)14-2)6-9(8)15-10/h4-6H,3H2,1-2H3. The van der Waals surface area contributed by atoms with Gasteiger partial charge in [0.15, 0.2) is 0 Å². The van der Waals surface area contributed by atoms with Crippen molar-refractivity contribution in [3.8, 4) is 0 Å². The fourth-order valence-electron chi connectivity index (χ4n) is 1.37. The second-order valence-corrected chi connectivity index (χ2v) is 4.25. The summed E-state index contributed by atoms with van der Waals surface area (Å²) in [6.45, 7) is 2.07. The first-order valence-corrected chi connectivity index (χ1v) is 5.54. The zero-order valence-electron chi connectivity index (χ0n) is 8.61. The van der Waals surface area contributed by atoms with Gasteiger partial charge in [0, 0.05) is 0 Å². The van der Waals surface area contributed by atoms with Gasteiger partial charge in [0.1, 0.15) is 0 Å². The lowest BCUT2D eigenvalue weighted by molar-refractivity contribution is 0.0601. The summed E-state index contributed by atoms with van der Waals surface area (Å²) in [5, 5.41) is 1.09. The van der Waals surface area contributed by atoms with Gasteiger partial charge in [-0.2, -0.15) is 0 Å². The van der Waals surface area contributed by atoms with E-state index in [9.17, 15) is 4.79 Å². The Bertz CT molecular complexity index is 504. The van der Waals surface area contributed by atoms with Crippen LogP contribution in [0.1, 0.15) is 22.3 Å². The molecule has 0 aliphatic rings. The van der Waals surface area contributed by atoms with Crippen LogP contribution in [0.15, 0.2) is 18.2 Å². The molecule has 0 saturated heterocycles. The van der Waals surface area contributed by atoms with Crippen molar-refractivity contribution >= 4 is 27.5 Å². The van der Waals surface area contributed by atoms with Crippen molar-refractivity contribution in [1.29, 1.82) is 0 Å². The quantitative estimate of drug-likeness (QED) is 0.732. The molecule has 0 N–H and O–H groups in total. The Morgan fingerprint density at radius 1 is 1.53 bits per heavy atom. The molecule has 1 aromatic heterocycles. The van der Waals surface area contributed by atoms with Gasteiger partial charge < -0.3 is 4.74 Å². The van der Waals surface area contributed by atoms with Gasteiger partial charge in [-0.05, 0) is 24.6 Å². The zero-order valence-corrected chi connectivity index (χ0v) is 9.43. The highest BCUT2D eigenvalue weighted by Crippen LogP contribution is 2.23. The summed E-state index contributed by atoms with van der Waals surface area (Å²) in [5.41, 5.74) is 1.53. The van der Waals surface area contributed by atoms with Gasteiger partial charge in [-0.3, -0.25) is 0 Å². The molecule has 0 unspecified atom stereocenters. The average Bonchev–Trinajstić information content (AvgIpc) is 2.69. The topological polar surface area (TPSA) is 39.2 Å². The largest absolute Gasteiger partial charge is 0.465 e. The third-order valence-corrected chi connectivity index (χ3v) is 3.32. The van der Waals surface area contributed by atoms with Crippen LogP contribution in [-0.2, 0) is 11.2 Å². The number of esters is 1. The van der Waals surface area contributed by atoms with E-state index < -0.39 is 0 Å². The van der Waals surface area contributed by atoms with E-state index >= 15 is 0 Å². The summed E-state index contributed by atoms with van der Waals surface area (Å²) in [6, 6.07) is 5.43. The molecule has 0 fully saturated rings. The molecule has 2 rings (SSSR count). The van der Waals surface area contributed by atoms with Gasteiger partial charge >= 0.3 is 5.97 Å². The van der Waals surface area contributed by atoms with Crippen molar-refractivity contribution in [3.63, 3.8) is 0 Å². The maximum atomic E-state index is 11.3. The van der Waals surface area contributed by atoms with Gasteiger partial charge in [0.2, 0.25) is 0 Å². The third-order valence-electron chi connectivity index (χ3n) is 2.16. The van der Waals surface area contributed by atoms with Crippen molar-refractivity contribution < 1.29 is 9.53 Å². The van der Waals surface area contributed by atoms with Crippen LogP contribution in [0.4, 0.5) is 0 Å². The monoisotopic (exact) mass is 221 g/mol. The maximum absolute atomic E-state index is 11.3. The molecule has 15 heavy (non-hydrogen) atoms. The van der Waals surface area contributed by atoms with Crippen molar-refractivity contribution in [2.24, 2.45) is 0 Å². The number of rotatable bonds is 2. The average molecular weight is 221 g/mol. The van der Waals surface area contributed by atoms with Gasteiger partial charge in [0.05, 0.1) is 27.9 Å². The number of fused-ring (bicyclic) bond motifs is 1. The number of hydrogen-bond acceptors (Lipinski definition) is 4. The smallest absolute Gasteiger partial charge is 0.337 e. The SMILES string of the molecule is CCc1nc2ccc(C(=O)OC)cc2s1. The Balaban J connectivity index is 2.50. The number of ether oxygens (including phenoxy) is 1. The maximum Gasteiger partial charge on any atom is 0.337 e. The minimum atomic E-state index is -0.302. The summed E-state index contributed by atoms with van der Waals surface area (Å²) < 4.78 is 5.70. The number of thiazole rings is 1. The van der Waals surface area contributed by atoms with E-state index in [0.717, 1.165) is 21.6 Å². The molecule has 0 atom stereocenters. The van der Waals surface area contributed by atoms with Crippen LogP contribution >= 0.6 is 11.3 Å². The zero-order chi connectivity index (χ0) is 10.8. The van der Waals surface area contributed by atoms with E-state index in [4.69, 9.17) is 0 Å². The predicted molar refractivity (Wildman–Crippen MR) is 60.3 cm³/mol. The second kappa shape index (κ2) is 3.98. The van der Waals surface area contributed by atoms with Crippen molar-refractivity contribution in [3.05, 3.63) is 28.8 Å². The molecule has 0 amide bonds. The number of carbonyl (C=O) groups excluding carboxylic acids is 1. The Labute approximate surface area is 91.7 Å². The number of hydrogen-bond donors (Lipinski definition) is 0. The van der Waals surface area contributed by atoms with Crippen LogP contribution in [0.25, 0.3) is 10.2 Å². The lowest BCUT2D eigenvalue weighted by Gasteiger charge is -1.97. The molecule has 0 bridgehead atoms. The predicted octanol–water partition coefficient (Wildman–Crippen LogP) is 2.65. The van der Waals surface area contributed by atoms with Gasteiger partial charge in [-0.25, -0.2) is 9.78 Å². The van der Waals surface area contributed by atoms with E-state index in [1.165, 1.54) is 7.11 Å². The molecule has 0 aliphatic carbocycles. The highest BCUT2D eigenvalue weighted by atomic mass is 32.1. The molecule has 1 aromatic carbocycles. The molecule has 0 spiro atoms. The van der Waals surface area contributed by atoms with E-state index in [1.807, 2.05) is 12.1 Å². The van der Waals surface area contributed by atoms with Crippen LogP contribution in [-0.4, -0.2) is 18.1 Å². The van der Waals surface area contributed by atoms with Gasteiger partial charge in [-0.1, -0.05) is 6.92 Å². The number of methoxy groups -OCH3 is 1. The third kappa shape index (κ3) is 1.85. The number of aryl methyl sites for hydroxylation is 1. The summed E-state index contributed by atoms with van der Waals surface area (Å²) >= 11 is 1.62. The summed E-state index contributed by atoms with van der Waals surface area (Å²) in [7, 11) is 1.39. The number of carbonyl (C=O) groups is 1. The molecule has 3 nitrogen and oxygen atoms in total. The Morgan fingerprint density at radius 3 is 3.00 bits per heavy atom. The summed E-state index contributed by atoms with van der Waals surface area (Å²) in [4.78, 5) is 15.7. The van der Waals surface area contributed by atoms with Crippen LogP contribution in [0.5, 0.6) is 0 Å². The minimum Gasteiger partial charge on any atom is -0.465 e. The summed E-state index contributed by atoms with van der Waals surface area (Å²) in [6.07, 6.45) is 0.924. The fraction of sp³-hybridized carbons (Fsp3) is 0.273. The highest BCUT2D eigenvalue weighted by Gasteiger charge is 2.08. The van der Waals surface area contributed by atoms with Crippen molar-refractivity contribution in [2.45, 2.75) is 13.3 Å². The molecule has 0 radical (unpaired) electrons. The van der Waals surface area contributed by atoms with E-state index in [-0.39, 0.29) is 5.97 Å². The first kappa shape index (κ1) is 10.1. The number of benzene rings is 1. The molecule has 2 aromatic rings. The molecule has 4 heteroatoms. The second-order valence-electron chi connectivity index (χ2n) is 3.14. The first-order valence-electron chi connectivity index (χ1n) is 4.72. The Kier molecular flexibility index (Phi) is 2.68. The van der Waals surface area contributed by atoms with Crippen LogP contribution < -0.4 is 0 Å². The minimum absolute atomic E-state index is 0.302. The number of nitrogens with zero attached hydrogens (tertiary/aromatic N) is 1. The molecule has 0 aliphatic heterocycles. The van der Waals surface area contributed by atoms with Crippen LogP contribution in [0.2, 0.25) is 0 Å². The summed E-state index contributed by atoms with van der Waals surface area (Å²) in [5.74, 6) is -0.302. The number of aromatic nitrogens is 1. The van der Waals surface area contributed by atoms with Crippen molar-refractivity contribution in [1.82, 2.24) is 4.98 Å². The van der Waals surface area contributed by atoms with E-state index in [2.05, 4.69) is 16.6 Å². The van der Waals surface area contributed by atoms with Crippen molar-refractivity contribution in [2.75, 3.05) is 7.11 Å². The normalized spacial score (nSPS) is 10.5. The van der Waals surface area contributed by atoms with Gasteiger partial charge in [0.25, 0.3) is 0 Å². The van der Waals surface area contributed by atoms with Crippen LogP contribution in [0, 0.1) is 0 Å². The molecule has 78 valence electrons.